The number of nitrogens with one attached hydrogen (secondary N) is 1. The van der Waals surface area contributed by atoms with Crippen LogP contribution in [-0.2, 0) is 4.79 Å². The van der Waals surface area contributed by atoms with E-state index in [-0.39, 0.29) is 11.3 Å². The van der Waals surface area contributed by atoms with Crippen LogP contribution in [-0.4, -0.2) is 42.5 Å². The van der Waals surface area contributed by atoms with Crippen LogP contribution < -0.4 is 11.1 Å². The van der Waals surface area contributed by atoms with Crippen LogP contribution in [0.1, 0.15) is 48.0 Å². The Morgan fingerprint density at radius 1 is 1.33 bits per heavy atom. The highest BCUT2D eigenvalue weighted by Crippen LogP contribution is 2.20. The second-order valence-corrected chi connectivity index (χ2v) is 6.76. The van der Waals surface area contributed by atoms with Crippen molar-refractivity contribution in [1.82, 2.24) is 10.2 Å². The highest BCUT2D eigenvalue weighted by molar-refractivity contribution is 5.84. The van der Waals surface area contributed by atoms with Crippen LogP contribution in [0.4, 0.5) is 0 Å². The molecule has 0 aliphatic rings. The molecule has 0 saturated heterocycles. The Balaban J connectivity index is 4.60. The first-order valence-electron chi connectivity index (χ1n) is 6.77. The van der Waals surface area contributed by atoms with E-state index in [1.54, 1.807) is 0 Å². The molecule has 3 N–H and O–H groups in total. The molecule has 0 aromatic heterocycles. The van der Waals surface area contributed by atoms with Gasteiger partial charge in [-0.15, -0.1) is 0 Å². The predicted octanol–water partition coefficient (Wildman–Crippen LogP) is 1.60. The van der Waals surface area contributed by atoms with Gasteiger partial charge in [-0.05, 0) is 39.3 Å². The van der Waals surface area contributed by atoms with Crippen molar-refractivity contribution in [2.24, 2.45) is 11.1 Å². The largest absolute Gasteiger partial charge is 0.368 e. The van der Waals surface area contributed by atoms with Crippen molar-refractivity contribution in [3.05, 3.63) is 0 Å². The van der Waals surface area contributed by atoms with Gasteiger partial charge in [0.2, 0.25) is 5.91 Å². The van der Waals surface area contributed by atoms with Crippen LogP contribution in [0.2, 0.25) is 0 Å². The number of carbonyl (C=O) groups is 1. The summed E-state index contributed by atoms with van der Waals surface area (Å²) in [6.07, 6.45) is 0.725. The van der Waals surface area contributed by atoms with Gasteiger partial charge in [-0.1, -0.05) is 27.7 Å². The summed E-state index contributed by atoms with van der Waals surface area (Å²) in [5.41, 5.74) is 5.14. The normalized spacial score (nSPS) is 17.6. The number of amides is 1. The molecule has 2 atom stereocenters. The molecule has 2 unspecified atom stereocenters. The second kappa shape index (κ2) is 6.53. The molecule has 0 aliphatic carbocycles. The lowest BCUT2D eigenvalue weighted by atomic mass is 9.90. The summed E-state index contributed by atoms with van der Waals surface area (Å²) in [6.45, 7) is 14.4. The zero-order chi connectivity index (χ0) is 14.6. The van der Waals surface area contributed by atoms with Crippen molar-refractivity contribution < 1.29 is 4.79 Å². The van der Waals surface area contributed by atoms with E-state index in [1.165, 1.54) is 0 Å². The maximum absolute atomic E-state index is 11.6. The quantitative estimate of drug-likeness (QED) is 0.728. The standard InChI is InChI=1S/C14H31N3O/c1-8-16-14(6,12(15)18)9-11(2)17(7)10-13(3,4)5/h11,16H,8-10H2,1-7H3,(H2,15,18). The van der Waals surface area contributed by atoms with Gasteiger partial charge >= 0.3 is 0 Å². The zero-order valence-corrected chi connectivity index (χ0v) is 13.1. The van der Waals surface area contributed by atoms with Gasteiger partial charge in [-0.25, -0.2) is 0 Å². The maximum Gasteiger partial charge on any atom is 0.237 e. The van der Waals surface area contributed by atoms with Crippen molar-refractivity contribution >= 4 is 5.91 Å². The van der Waals surface area contributed by atoms with Gasteiger partial charge in [0.15, 0.2) is 0 Å². The first-order chi connectivity index (χ1) is 8.02. The molecule has 1 amide bonds. The lowest BCUT2D eigenvalue weighted by Crippen LogP contribution is -2.56. The zero-order valence-electron chi connectivity index (χ0n) is 13.1. The average molecular weight is 257 g/mol. The first kappa shape index (κ1) is 17.4. The highest BCUT2D eigenvalue weighted by atomic mass is 16.1. The van der Waals surface area contributed by atoms with Crippen LogP contribution >= 0.6 is 0 Å². The number of primary amides is 1. The van der Waals surface area contributed by atoms with E-state index in [0.29, 0.717) is 6.04 Å². The van der Waals surface area contributed by atoms with Gasteiger partial charge < -0.3 is 16.0 Å². The molecule has 0 aromatic carbocycles. The Labute approximate surface area is 112 Å². The summed E-state index contributed by atoms with van der Waals surface area (Å²) in [6, 6.07) is 0.306. The molecule has 0 aromatic rings. The number of likely N-dealkylation sites (N-methyl/N-ethyl adjacent to an activating group) is 1. The third-order valence-corrected chi connectivity index (χ3v) is 3.29. The van der Waals surface area contributed by atoms with Crippen molar-refractivity contribution in [2.45, 2.75) is 59.5 Å². The van der Waals surface area contributed by atoms with Crippen molar-refractivity contribution in [3.63, 3.8) is 0 Å². The van der Waals surface area contributed by atoms with Gasteiger partial charge in [0, 0.05) is 12.6 Å². The Hall–Kier alpha value is -0.610. The van der Waals surface area contributed by atoms with Crippen molar-refractivity contribution in [1.29, 1.82) is 0 Å². The van der Waals surface area contributed by atoms with Crippen LogP contribution in [0, 0.1) is 5.41 Å². The van der Waals surface area contributed by atoms with Gasteiger partial charge in [0.1, 0.15) is 0 Å². The van der Waals surface area contributed by atoms with Gasteiger partial charge in [0.25, 0.3) is 0 Å². The molecular weight excluding hydrogens is 226 g/mol. The fraction of sp³-hybridized carbons (Fsp3) is 0.929. The summed E-state index contributed by atoms with van der Waals surface area (Å²) in [4.78, 5) is 13.9. The van der Waals surface area contributed by atoms with Gasteiger partial charge in [-0.3, -0.25) is 4.79 Å². The fourth-order valence-electron chi connectivity index (χ4n) is 2.30. The number of nitrogens with zero attached hydrogens (tertiary/aromatic N) is 1. The molecule has 0 fully saturated rings. The molecule has 108 valence electrons. The molecule has 0 bridgehead atoms. The monoisotopic (exact) mass is 257 g/mol. The maximum atomic E-state index is 11.6. The summed E-state index contributed by atoms with van der Waals surface area (Å²) in [7, 11) is 2.10. The van der Waals surface area contributed by atoms with Crippen molar-refractivity contribution in [3.8, 4) is 0 Å². The molecule has 0 radical (unpaired) electrons. The fourth-order valence-corrected chi connectivity index (χ4v) is 2.30. The first-order valence-corrected chi connectivity index (χ1v) is 6.77. The third-order valence-electron chi connectivity index (χ3n) is 3.29. The molecule has 0 heterocycles. The minimum atomic E-state index is -0.625. The van der Waals surface area contributed by atoms with Crippen LogP contribution in [0.15, 0.2) is 0 Å². The van der Waals surface area contributed by atoms with E-state index in [2.05, 4.69) is 45.0 Å². The van der Waals surface area contributed by atoms with E-state index < -0.39 is 5.54 Å². The van der Waals surface area contributed by atoms with E-state index >= 15 is 0 Å². The van der Waals surface area contributed by atoms with Crippen LogP contribution in [0.3, 0.4) is 0 Å². The topological polar surface area (TPSA) is 58.4 Å². The highest BCUT2D eigenvalue weighted by Gasteiger charge is 2.33. The van der Waals surface area contributed by atoms with E-state index in [0.717, 1.165) is 19.5 Å². The number of hydrogen-bond donors (Lipinski definition) is 2. The molecule has 0 rings (SSSR count). The molecule has 0 aliphatic heterocycles. The summed E-state index contributed by atoms with van der Waals surface area (Å²) >= 11 is 0. The summed E-state index contributed by atoms with van der Waals surface area (Å²) in [5.74, 6) is -0.277. The predicted molar refractivity (Wildman–Crippen MR) is 77.4 cm³/mol. The minimum Gasteiger partial charge on any atom is -0.368 e. The van der Waals surface area contributed by atoms with E-state index in [1.807, 2.05) is 13.8 Å². The van der Waals surface area contributed by atoms with Gasteiger partial charge in [0.05, 0.1) is 5.54 Å². The Kier molecular flexibility index (Phi) is 6.30. The smallest absolute Gasteiger partial charge is 0.237 e. The molecule has 18 heavy (non-hydrogen) atoms. The summed E-state index contributed by atoms with van der Waals surface area (Å²) < 4.78 is 0. The average Bonchev–Trinajstić information content (AvgIpc) is 2.14. The molecule has 0 saturated carbocycles. The SMILES string of the molecule is CCNC(C)(CC(C)N(C)CC(C)(C)C)C(N)=O. The van der Waals surface area contributed by atoms with Gasteiger partial charge in [-0.2, -0.15) is 0 Å². The lowest BCUT2D eigenvalue weighted by Gasteiger charge is -2.36. The minimum absolute atomic E-state index is 0.254. The third kappa shape index (κ3) is 5.83. The molecule has 4 nitrogen and oxygen atoms in total. The van der Waals surface area contributed by atoms with E-state index in [9.17, 15) is 4.79 Å². The Bertz CT molecular complexity index is 273. The molecule has 4 heteroatoms. The Morgan fingerprint density at radius 3 is 2.17 bits per heavy atom. The number of hydrogen-bond acceptors (Lipinski definition) is 3. The molecular formula is C14H31N3O. The van der Waals surface area contributed by atoms with Crippen LogP contribution in [0.5, 0.6) is 0 Å². The van der Waals surface area contributed by atoms with Crippen LogP contribution in [0.25, 0.3) is 0 Å². The number of rotatable bonds is 7. The second-order valence-electron chi connectivity index (χ2n) is 6.76. The number of nitrogens with two attached hydrogens (primary N) is 1. The van der Waals surface area contributed by atoms with E-state index in [4.69, 9.17) is 5.73 Å². The summed E-state index contributed by atoms with van der Waals surface area (Å²) in [5, 5.41) is 3.21. The number of carbonyl (C=O) groups excluding carboxylic acids is 1. The molecule has 0 spiro atoms. The lowest BCUT2D eigenvalue weighted by molar-refractivity contribution is -0.124. The van der Waals surface area contributed by atoms with Crippen molar-refractivity contribution in [2.75, 3.05) is 20.1 Å². The Morgan fingerprint density at radius 2 is 1.83 bits per heavy atom.